The zero-order chi connectivity index (χ0) is 15.5. The van der Waals surface area contributed by atoms with Crippen molar-refractivity contribution in [2.24, 2.45) is 0 Å². The fourth-order valence-corrected chi connectivity index (χ4v) is 2.97. The van der Waals surface area contributed by atoms with Crippen molar-refractivity contribution >= 4 is 28.4 Å². The third kappa shape index (κ3) is 3.15. The summed E-state index contributed by atoms with van der Waals surface area (Å²) in [4.78, 5) is 26.2. The van der Waals surface area contributed by atoms with Gasteiger partial charge in [-0.1, -0.05) is 11.6 Å². The summed E-state index contributed by atoms with van der Waals surface area (Å²) in [6.07, 6.45) is 0.335. The molecule has 6 heteroatoms. The summed E-state index contributed by atoms with van der Waals surface area (Å²) in [5, 5.41) is 4.76. The van der Waals surface area contributed by atoms with Gasteiger partial charge in [0.1, 0.15) is 0 Å². The molecule has 1 amide bonds. The summed E-state index contributed by atoms with van der Waals surface area (Å²) in [7, 11) is 0. The quantitative estimate of drug-likeness (QED) is 0.932. The van der Waals surface area contributed by atoms with E-state index in [9.17, 15) is 9.59 Å². The molecule has 1 aliphatic heterocycles. The van der Waals surface area contributed by atoms with Crippen LogP contribution >= 0.6 is 11.6 Å². The number of benzene rings is 1. The average molecular weight is 320 g/mol. The van der Waals surface area contributed by atoms with Gasteiger partial charge in [0.25, 0.3) is 5.56 Å². The molecule has 0 unspecified atom stereocenters. The van der Waals surface area contributed by atoms with Gasteiger partial charge in [0, 0.05) is 50.2 Å². The van der Waals surface area contributed by atoms with Crippen LogP contribution < -0.4 is 10.9 Å². The van der Waals surface area contributed by atoms with Gasteiger partial charge in [-0.2, -0.15) is 0 Å². The Morgan fingerprint density at radius 1 is 1.18 bits per heavy atom. The van der Waals surface area contributed by atoms with Gasteiger partial charge in [-0.3, -0.25) is 9.59 Å². The lowest BCUT2D eigenvalue weighted by Gasteiger charge is -2.27. The molecule has 2 aromatic rings. The number of nitrogens with one attached hydrogen (secondary N) is 1. The van der Waals surface area contributed by atoms with Crippen LogP contribution in [-0.4, -0.2) is 41.6 Å². The normalized spacial score (nSPS) is 15.2. The molecule has 116 valence electrons. The minimum atomic E-state index is -0.0945. The Bertz CT molecular complexity index is 751. The van der Waals surface area contributed by atoms with E-state index in [4.69, 9.17) is 11.6 Å². The predicted molar refractivity (Wildman–Crippen MR) is 87.3 cm³/mol. The van der Waals surface area contributed by atoms with Crippen molar-refractivity contribution in [3.8, 4) is 0 Å². The van der Waals surface area contributed by atoms with E-state index in [0.29, 0.717) is 18.0 Å². The molecule has 2 heterocycles. The summed E-state index contributed by atoms with van der Waals surface area (Å²) in [5.74, 6) is 0.0966. The van der Waals surface area contributed by atoms with Gasteiger partial charge >= 0.3 is 0 Å². The summed E-state index contributed by atoms with van der Waals surface area (Å²) in [5.41, 5.74) is 0.716. The molecule has 0 saturated carbocycles. The van der Waals surface area contributed by atoms with Crippen LogP contribution in [0.15, 0.2) is 35.1 Å². The Morgan fingerprint density at radius 2 is 1.95 bits per heavy atom. The van der Waals surface area contributed by atoms with Crippen LogP contribution in [0.3, 0.4) is 0 Å². The Morgan fingerprint density at radius 3 is 2.73 bits per heavy atom. The number of nitrogens with zero attached hydrogens (tertiary/aromatic N) is 2. The van der Waals surface area contributed by atoms with Crippen LogP contribution in [-0.2, 0) is 11.3 Å². The molecule has 1 aliphatic rings. The molecule has 1 fully saturated rings. The summed E-state index contributed by atoms with van der Waals surface area (Å²) in [6, 6.07) is 8.70. The number of amides is 1. The summed E-state index contributed by atoms with van der Waals surface area (Å²) in [6.45, 7) is 3.52. The molecule has 1 aromatic heterocycles. The SMILES string of the molecule is O=C(CCn1c(=O)ccc2cc(Cl)ccc21)N1CCNCC1. The summed E-state index contributed by atoms with van der Waals surface area (Å²) < 4.78 is 1.64. The molecule has 3 rings (SSSR count). The van der Waals surface area contributed by atoms with Crippen molar-refractivity contribution in [1.82, 2.24) is 14.8 Å². The fraction of sp³-hybridized carbons (Fsp3) is 0.375. The van der Waals surface area contributed by atoms with Crippen LogP contribution in [0.1, 0.15) is 6.42 Å². The number of pyridine rings is 1. The maximum atomic E-state index is 12.2. The largest absolute Gasteiger partial charge is 0.340 e. The van der Waals surface area contributed by atoms with Gasteiger partial charge in [0.2, 0.25) is 5.91 Å². The first kappa shape index (κ1) is 15.1. The third-order valence-electron chi connectivity index (χ3n) is 3.97. The van der Waals surface area contributed by atoms with Crippen LogP contribution in [0.4, 0.5) is 0 Å². The van der Waals surface area contributed by atoms with Crippen molar-refractivity contribution in [3.05, 3.63) is 45.7 Å². The highest BCUT2D eigenvalue weighted by Crippen LogP contribution is 2.18. The second kappa shape index (κ2) is 6.50. The minimum absolute atomic E-state index is 0.0945. The molecule has 1 aromatic carbocycles. The van der Waals surface area contributed by atoms with Crippen LogP contribution in [0, 0.1) is 0 Å². The van der Waals surface area contributed by atoms with Crippen molar-refractivity contribution in [2.45, 2.75) is 13.0 Å². The smallest absolute Gasteiger partial charge is 0.251 e. The molecule has 0 aliphatic carbocycles. The van der Waals surface area contributed by atoms with Crippen LogP contribution in [0.5, 0.6) is 0 Å². The number of hydrogen-bond donors (Lipinski definition) is 1. The average Bonchev–Trinajstić information content (AvgIpc) is 2.54. The van der Waals surface area contributed by atoms with E-state index < -0.39 is 0 Å². The van der Waals surface area contributed by atoms with E-state index in [0.717, 1.165) is 37.1 Å². The number of rotatable bonds is 3. The zero-order valence-electron chi connectivity index (χ0n) is 12.2. The number of carbonyl (C=O) groups is 1. The lowest BCUT2D eigenvalue weighted by atomic mass is 10.2. The molecule has 0 spiro atoms. The highest BCUT2D eigenvalue weighted by molar-refractivity contribution is 6.31. The number of fused-ring (bicyclic) bond motifs is 1. The number of carbonyl (C=O) groups excluding carboxylic acids is 1. The number of piperazine rings is 1. The first-order chi connectivity index (χ1) is 10.6. The van der Waals surface area contributed by atoms with E-state index in [1.165, 1.54) is 6.07 Å². The molecule has 5 nitrogen and oxygen atoms in total. The molecule has 0 bridgehead atoms. The van der Waals surface area contributed by atoms with E-state index >= 15 is 0 Å². The second-order valence-electron chi connectivity index (χ2n) is 5.41. The Balaban J connectivity index is 1.80. The van der Waals surface area contributed by atoms with E-state index in [2.05, 4.69) is 5.32 Å². The summed E-state index contributed by atoms with van der Waals surface area (Å²) >= 11 is 5.99. The van der Waals surface area contributed by atoms with Crippen molar-refractivity contribution < 1.29 is 4.79 Å². The van der Waals surface area contributed by atoms with Crippen LogP contribution in [0.25, 0.3) is 10.9 Å². The van der Waals surface area contributed by atoms with E-state index in [-0.39, 0.29) is 11.5 Å². The highest BCUT2D eigenvalue weighted by Gasteiger charge is 2.16. The first-order valence-corrected chi connectivity index (χ1v) is 7.80. The maximum Gasteiger partial charge on any atom is 0.251 e. The predicted octanol–water partition coefficient (Wildman–Crippen LogP) is 1.48. The Labute approximate surface area is 133 Å². The molecule has 0 radical (unpaired) electrons. The van der Waals surface area contributed by atoms with Gasteiger partial charge in [-0.05, 0) is 29.7 Å². The van der Waals surface area contributed by atoms with E-state index in [1.807, 2.05) is 17.0 Å². The minimum Gasteiger partial charge on any atom is -0.340 e. The lowest BCUT2D eigenvalue weighted by Crippen LogP contribution is -2.46. The number of halogens is 1. The standard InChI is InChI=1S/C16H18ClN3O2/c17-13-2-3-14-12(11-13)1-4-16(22)20(14)8-5-15(21)19-9-6-18-7-10-19/h1-4,11,18H,5-10H2. The van der Waals surface area contributed by atoms with Gasteiger partial charge in [0.15, 0.2) is 0 Å². The molecule has 0 atom stereocenters. The van der Waals surface area contributed by atoms with Crippen molar-refractivity contribution in [3.63, 3.8) is 0 Å². The highest BCUT2D eigenvalue weighted by atomic mass is 35.5. The van der Waals surface area contributed by atoms with Crippen molar-refractivity contribution in [2.75, 3.05) is 26.2 Å². The Kier molecular flexibility index (Phi) is 4.45. The van der Waals surface area contributed by atoms with Gasteiger partial charge in [-0.15, -0.1) is 0 Å². The number of hydrogen-bond acceptors (Lipinski definition) is 3. The van der Waals surface area contributed by atoms with E-state index in [1.54, 1.807) is 16.7 Å². The molecule has 1 saturated heterocycles. The van der Waals surface area contributed by atoms with Crippen molar-refractivity contribution in [1.29, 1.82) is 0 Å². The van der Waals surface area contributed by atoms with Gasteiger partial charge < -0.3 is 14.8 Å². The molecule has 1 N–H and O–H groups in total. The third-order valence-corrected chi connectivity index (χ3v) is 4.21. The first-order valence-electron chi connectivity index (χ1n) is 7.43. The molecular formula is C16H18ClN3O2. The molecule has 22 heavy (non-hydrogen) atoms. The monoisotopic (exact) mass is 319 g/mol. The fourth-order valence-electron chi connectivity index (χ4n) is 2.78. The molecular weight excluding hydrogens is 302 g/mol. The second-order valence-corrected chi connectivity index (χ2v) is 5.84. The van der Waals surface area contributed by atoms with Gasteiger partial charge in [-0.25, -0.2) is 0 Å². The number of aryl methyl sites for hydroxylation is 1. The maximum absolute atomic E-state index is 12.2. The zero-order valence-corrected chi connectivity index (χ0v) is 13.0. The van der Waals surface area contributed by atoms with Crippen LogP contribution in [0.2, 0.25) is 5.02 Å². The number of aromatic nitrogens is 1. The lowest BCUT2D eigenvalue weighted by molar-refractivity contribution is -0.131. The topological polar surface area (TPSA) is 54.3 Å². The Hall–Kier alpha value is -1.85. The van der Waals surface area contributed by atoms with Gasteiger partial charge in [0.05, 0.1) is 5.52 Å².